The van der Waals surface area contributed by atoms with Crippen molar-refractivity contribution >= 4 is 5.91 Å². The molecular weight excluding hydrogens is 278 g/mol. The van der Waals surface area contributed by atoms with Gasteiger partial charge in [-0.2, -0.15) is 0 Å². The lowest BCUT2D eigenvalue weighted by Gasteiger charge is -2.16. The van der Waals surface area contributed by atoms with Crippen molar-refractivity contribution in [3.8, 4) is 0 Å². The Morgan fingerprint density at radius 2 is 2.05 bits per heavy atom. The minimum absolute atomic E-state index is 0.127. The number of H-pyrrole nitrogens is 1. The van der Waals surface area contributed by atoms with Crippen molar-refractivity contribution in [2.24, 2.45) is 0 Å². The molecule has 1 amide bonds. The van der Waals surface area contributed by atoms with Crippen LogP contribution in [0, 0.1) is 0 Å². The number of amides is 1. The van der Waals surface area contributed by atoms with Crippen LogP contribution >= 0.6 is 0 Å². The molecule has 5 nitrogen and oxygen atoms in total. The summed E-state index contributed by atoms with van der Waals surface area (Å²) in [5.74, 6) is 0.605. The van der Waals surface area contributed by atoms with Crippen molar-refractivity contribution in [2.45, 2.75) is 45.3 Å². The number of rotatable bonds is 6. The zero-order valence-corrected chi connectivity index (χ0v) is 13.3. The van der Waals surface area contributed by atoms with E-state index in [0.717, 1.165) is 17.8 Å². The van der Waals surface area contributed by atoms with Gasteiger partial charge in [0, 0.05) is 18.0 Å². The summed E-state index contributed by atoms with van der Waals surface area (Å²) in [7, 11) is 0. The van der Waals surface area contributed by atoms with Crippen LogP contribution in [0.3, 0.4) is 0 Å². The van der Waals surface area contributed by atoms with Gasteiger partial charge in [0.1, 0.15) is 5.82 Å². The molecule has 5 heteroatoms. The van der Waals surface area contributed by atoms with Crippen LogP contribution in [0.15, 0.2) is 36.7 Å². The molecule has 0 saturated carbocycles. The number of hydrogen-bond acceptors (Lipinski definition) is 3. The highest BCUT2D eigenvalue weighted by Gasteiger charge is 2.14. The number of aryl methyl sites for hydroxylation is 1. The molecule has 0 aliphatic carbocycles. The fourth-order valence-electron chi connectivity index (χ4n) is 2.14. The fourth-order valence-corrected chi connectivity index (χ4v) is 2.14. The summed E-state index contributed by atoms with van der Waals surface area (Å²) in [6, 6.07) is 7.31. The van der Waals surface area contributed by atoms with Crippen LogP contribution in [0.1, 0.15) is 55.0 Å². The second-order valence-electron chi connectivity index (χ2n) is 6.18. The molecule has 3 N–H and O–H groups in total. The second kappa shape index (κ2) is 6.75. The van der Waals surface area contributed by atoms with Crippen LogP contribution < -0.4 is 5.32 Å². The summed E-state index contributed by atoms with van der Waals surface area (Å²) in [5, 5.41) is 12.6. The Balaban J connectivity index is 1.93. The highest BCUT2D eigenvalue weighted by molar-refractivity contribution is 5.94. The Kier molecular flexibility index (Phi) is 4.98. The number of aromatic amines is 1. The number of benzene rings is 1. The molecule has 0 unspecified atom stereocenters. The smallest absolute Gasteiger partial charge is 0.251 e. The lowest BCUT2D eigenvalue weighted by Crippen LogP contribution is -2.27. The Morgan fingerprint density at radius 3 is 2.59 bits per heavy atom. The first-order valence-electron chi connectivity index (χ1n) is 7.46. The molecule has 0 bridgehead atoms. The third kappa shape index (κ3) is 4.70. The number of hydrogen-bond donors (Lipinski definition) is 3. The fraction of sp³-hybridized carbons (Fsp3) is 0.412. The van der Waals surface area contributed by atoms with Crippen molar-refractivity contribution in [2.75, 3.05) is 0 Å². The molecule has 0 radical (unpaired) electrons. The van der Waals surface area contributed by atoms with Gasteiger partial charge in [-0.1, -0.05) is 12.1 Å². The van der Waals surface area contributed by atoms with Crippen LogP contribution in [0.4, 0.5) is 0 Å². The Morgan fingerprint density at radius 1 is 1.36 bits per heavy atom. The standard InChI is InChI=1S/C17H23N3O2/c1-12(15-18-10-11-19-15)20-16(21)14-6-4-13(5-7-14)8-9-17(2,3)22/h4-7,10-12,22H,8-9H2,1-3H3,(H,18,19)(H,20,21)/t12-/m1/s1. The van der Waals surface area contributed by atoms with Crippen molar-refractivity contribution in [3.63, 3.8) is 0 Å². The Labute approximate surface area is 130 Å². The number of imidazole rings is 1. The number of carbonyl (C=O) groups excluding carboxylic acids is 1. The van der Waals surface area contributed by atoms with Gasteiger partial charge in [0.25, 0.3) is 5.91 Å². The molecule has 1 heterocycles. The monoisotopic (exact) mass is 301 g/mol. The third-order valence-corrected chi connectivity index (χ3v) is 3.52. The molecular formula is C17H23N3O2. The summed E-state index contributed by atoms with van der Waals surface area (Å²) < 4.78 is 0. The molecule has 0 aliphatic heterocycles. The molecule has 2 aromatic rings. The van der Waals surface area contributed by atoms with E-state index in [1.165, 1.54) is 0 Å². The van der Waals surface area contributed by atoms with E-state index >= 15 is 0 Å². The lowest BCUT2D eigenvalue weighted by molar-refractivity contribution is 0.0713. The Hall–Kier alpha value is -2.14. The molecule has 1 aromatic carbocycles. The number of nitrogens with one attached hydrogen (secondary N) is 2. The summed E-state index contributed by atoms with van der Waals surface area (Å²) in [6.45, 7) is 5.48. The zero-order valence-electron chi connectivity index (χ0n) is 13.3. The first-order chi connectivity index (χ1) is 10.3. The molecule has 2 rings (SSSR count). The van der Waals surface area contributed by atoms with Crippen LogP contribution in [-0.2, 0) is 6.42 Å². The highest BCUT2D eigenvalue weighted by atomic mass is 16.3. The van der Waals surface area contributed by atoms with Gasteiger partial charge in [-0.25, -0.2) is 4.98 Å². The summed E-state index contributed by atoms with van der Waals surface area (Å²) in [6.07, 6.45) is 4.87. The molecule has 0 saturated heterocycles. The topological polar surface area (TPSA) is 78.0 Å². The van der Waals surface area contributed by atoms with Gasteiger partial charge in [-0.15, -0.1) is 0 Å². The minimum Gasteiger partial charge on any atom is -0.390 e. The molecule has 0 aliphatic rings. The minimum atomic E-state index is -0.672. The van der Waals surface area contributed by atoms with Crippen LogP contribution in [0.5, 0.6) is 0 Å². The number of nitrogens with zero attached hydrogens (tertiary/aromatic N) is 1. The van der Waals surface area contributed by atoms with E-state index in [9.17, 15) is 9.90 Å². The Bertz CT molecular complexity index is 598. The number of aliphatic hydroxyl groups is 1. The number of carbonyl (C=O) groups is 1. The molecule has 0 fully saturated rings. The molecule has 1 aromatic heterocycles. The van der Waals surface area contributed by atoms with Crippen LogP contribution in [-0.4, -0.2) is 26.6 Å². The summed E-state index contributed by atoms with van der Waals surface area (Å²) in [4.78, 5) is 19.3. The van der Waals surface area contributed by atoms with Crippen LogP contribution in [0.2, 0.25) is 0 Å². The second-order valence-corrected chi connectivity index (χ2v) is 6.18. The first-order valence-corrected chi connectivity index (χ1v) is 7.46. The van der Waals surface area contributed by atoms with E-state index in [0.29, 0.717) is 12.0 Å². The van der Waals surface area contributed by atoms with Gasteiger partial charge in [-0.05, 0) is 51.3 Å². The largest absolute Gasteiger partial charge is 0.390 e. The predicted molar refractivity (Wildman–Crippen MR) is 85.5 cm³/mol. The van der Waals surface area contributed by atoms with Crippen molar-refractivity contribution in [1.29, 1.82) is 0 Å². The van der Waals surface area contributed by atoms with Gasteiger partial charge in [-0.3, -0.25) is 4.79 Å². The van der Waals surface area contributed by atoms with Gasteiger partial charge in [0.05, 0.1) is 11.6 Å². The molecule has 22 heavy (non-hydrogen) atoms. The zero-order chi connectivity index (χ0) is 16.2. The van der Waals surface area contributed by atoms with Crippen LogP contribution in [0.25, 0.3) is 0 Å². The molecule has 1 atom stereocenters. The normalized spacial score (nSPS) is 12.9. The third-order valence-electron chi connectivity index (χ3n) is 3.52. The van der Waals surface area contributed by atoms with E-state index in [1.807, 2.05) is 31.2 Å². The van der Waals surface area contributed by atoms with E-state index in [4.69, 9.17) is 0 Å². The summed E-state index contributed by atoms with van der Waals surface area (Å²) in [5.41, 5.74) is 1.05. The van der Waals surface area contributed by atoms with Gasteiger partial charge in [0.15, 0.2) is 0 Å². The molecule has 118 valence electrons. The maximum absolute atomic E-state index is 12.2. The van der Waals surface area contributed by atoms with E-state index in [1.54, 1.807) is 26.2 Å². The highest BCUT2D eigenvalue weighted by Crippen LogP contribution is 2.14. The first kappa shape index (κ1) is 16.2. The average molecular weight is 301 g/mol. The van der Waals surface area contributed by atoms with Crippen molar-refractivity contribution in [3.05, 3.63) is 53.6 Å². The van der Waals surface area contributed by atoms with Crippen molar-refractivity contribution < 1.29 is 9.90 Å². The SMILES string of the molecule is C[C@@H](NC(=O)c1ccc(CCC(C)(C)O)cc1)c1ncc[nH]1. The average Bonchev–Trinajstić information content (AvgIpc) is 2.99. The maximum atomic E-state index is 12.2. The van der Waals surface area contributed by atoms with Gasteiger partial charge in [0.2, 0.25) is 0 Å². The van der Waals surface area contributed by atoms with Gasteiger partial charge >= 0.3 is 0 Å². The van der Waals surface area contributed by atoms with Crippen molar-refractivity contribution in [1.82, 2.24) is 15.3 Å². The summed E-state index contributed by atoms with van der Waals surface area (Å²) >= 11 is 0. The van der Waals surface area contributed by atoms with E-state index in [-0.39, 0.29) is 11.9 Å². The predicted octanol–water partition coefficient (Wildman–Crippen LogP) is 2.60. The van der Waals surface area contributed by atoms with E-state index < -0.39 is 5.60 Å². The maximum Gasteiger partial charge on any atom is 0.251 e. The van der Waals surface area contributed by atoms with Gasteiger partial charge < -0.3 is 15.4 Å². The number of aromatic nitrogens is 2. The quantitative estimate of drug-likeness (QED) is 0.767. The van der Waals surface area contributed by atoms with E-state index in [2.05, 4.69) is 15.3 Å². The lowest BCUT2D eigenvalue weighted by atomic mass is 9.98. The molecule has 0 spiro atoms.